The van der Waals surface area contributed by atoms with Crippen molar-refractivity contribution in [1.82, 2.24) is 0 Å². The van der Waals surface area contributed by atoms with Crippen LogP contribution < -0.4 is 0 Å². The average Bonchev–Trinajstić information content (AvgIpc) is 2.61. The van der Waals surface area contributed by atoms with Crippen LogP contribution in [0.15, 0.2) is 11.1 Å². The number of hydrogen-bond donors (Lipinski definition) is 0. The van der Waals surface area contributed by atoms with E-state index in [1.165, 1.54) is 24.8 Å². The topological polar surface area (TPSA) is 0 Å². The van der Waals surface area contributed by atoms with Gasteiger partial charge in [-0.25, -0.2) is 0 Å². The standard InChI is InChI=1S/C12H22/c1-6-7-12(5)8-11(12)10(4)9(2)3/h11H,6-8H2,1-5H3. The summed E-state index contributed by atoms with van der Waals surface area (Å²) < 4.78 is 0. The van der Waals surface area contributed by atoms with E-state index < -0.39 is 0 Å². The van der Waals surface area contributed by atoms with Gasteiger partial charge in [-0.3, -0.25) is 0 Å². The lowest BCUT2D eigenvalue weighted by molar-refractivity contribution is 0.474. The molecule has 70 valence electrons. The summed E-state index contributed by atoms with van der Waals surface area (Å²) in [5.74, 6) is 0.905. The van der Waals surface area contributed by atoms with Gasteiger partial charge < -0.3 is 0 Å². The Morgan fingerprint density at radius 3 is 2.33 bits per heavy atom. The number of allylic oxidation sites excluding steroid dienone is 2. The monoisotopic (exact) mass is 166 g/mol. The van der Waals surface area contributed by atoms with E-state index in [0.29, 0.717) is 5.41 Å². The molecule has 0 aromatic carbocycles. The normalized spacial score (nSPS) is 33.2. The third kappa shape index (κ3) is 1.73. The van der Waals surface area contributed by atoms with E-state index in [4.69, 9.17) is 0 Å². The second kappa shape index (κ2) is 3.24. The molecule has 0 heterocycles. The molecule has 1 aliphatic rings. The zero-order chi connectivity index (χ0) is 9.35. The Hall–Kier alpha value is -0.260. The fraction of sp³-hybridized carbons (Fsp3) is 0.833. The fourth-order valence-electron chi connectivity index (χ4n) is 2.28. The minimum atomic E-state index is 0.663. The maximum atomic E-state index is 2.44. The van der Waals surface area contributed by atoms with Gasteiger partial charge in [0.15, 0.2) is 0 Å². The van der Waals surface area contributed by atoms with Crippen LogP contribution in [0.4, 0.5) is 0 Å². The summed E-state index contributed by atoms with van der Waals surface area (Å²) in [5, 5.41) is 0. The van der Waals surface area contributed by atoms with Crippen molar-refractivity contribution in [3.63, 3.8) is 0 Å². The van der Waals surface area contributed by atoms with Gasteiger partial charge in [-0.05, 0) is 44.9 Å². The summed E-state index contributed by atoms with van der Waals surface area (Å²) in [6.45, 7) is 11.5. The van der Waals surface area contributed by atoms with Crippen LogP contribution in [-0.2, 0) is 0 Å². The van der Waals surface area contributed by atoms with Crippen LogP contribution in [0, 0.1) is 11.3 Å². The molecule has 1 rings (SSSR count). The van der Waals surface area contributed by atoms with Crippen molar-refractivity contribution in [2.75, 3.05) is 0 Å². The van der Waals surface area contributed by atoms with E-state index in [1.54, 1.807) is 5.57 Å². The molecule has 0 radical (unpaired) electrons. The van der Waals surface area contributed by atoms with Crippen LogP contribution in [0.3, 0.4) is 0 Å². The second-order valence-electron chi connectivity index (χ2n) is 4.84. The molecular weight excluding hydrogens is 144 g/mol. The molecule has 0 N–H and O–H groups in total. The first-order valence-corrected chi connectivity index (χ1v) is 5.15. The summed E-state index contributed by atoms with van der Waals surface area (Å²) >= 11 is 0. The molecule has 0 aliphatic heterocycles. The predicted octanol–water partition coefficient (Wildman–Crippen LogP) is 4.17. The molecule has 0 saturated heterocycles. The Kier molecular flexibility index (Phi) is 2.65. The summed E-state index contributed by atoms with van der Waals surface area (Å²) in [4.78, 5) is 0. The van der Waals surface area contributed by atoms with Crippen LogP contribution in [0.2, 0.25) is 0 Å². The molecule has 0 nitrogen and oxygen atoms in total. The quantitative estimate of drug-likeness (QED) is 0.552. The highest BCUT2D eigenvalue weighted by Gasteiger charge is 2.49. The summed E-state index contributed by atoms with van der Waals surface area (Å²) in [6, 6.07) is 0. The SMILES string of the molecule is CCCC1(C)CC1C(C)=C(C)C. The van der Waals surface area contributed by atoms with Crippen LogP contribution in [0.1, 0.15) is 53.9 Å². The molecular formula is C12H22. The zero-order valence-electron chi connectivity index (χ0n) is 9.20. The van der Waals surface area contributed by atoms with Gasteiger partial charge in [-0.2, -0.15) is 0 Å². The molecule has 0 spiro atoms. The summed E-state index contributed by atoms with van der Waals surface area (Å²) in [6.07, 6.45) is 4.17. The first kappa shape index (κ1) is 9.83. The van der Waals surface area contributed by atoms with Crippen molar-refractivity contribution in [2.24, 2.45) is 11.3 Å². The first-order chi connectivity index (χ1) is 5.51. The molecule has 0 heteroatoms. The Bertz CT molecular complexity index is 196. The van der Waals surface area contributed by atoms with E-state index in [2.05, 4.69) is 34.6 Å². The van der Waals surface area contributed by atoms with Crippen LogP contribution in [0.5, 0.6) is 0 Å². The maximum absolute atomic E-state index is 2.44. The number of hydrogen-bond acceptors (Lipinski definition) is 0. The number of rotatable bonds is 3. The average molecular weight is 166 g/mol. The fourth-order valence-corrected chi connectivity index (χ4v) is 2.28. The van der Waals surface area contributed by atoms with Crippen molar-refractivity contribution < 1.29 is 0 Å². The first-order valence-electron chi connectivity index (χ1n) is 5.15. The third-order valence-electron chi connectivity index (χ3n) is 3.48. The van der Waals surface area contributed by atoms with Gasteiger partial charge in [0.25, 0.3) is 0 Å². The Labute approximate surface area is 77.1 Å². The largest absolute Gasteiger partial charge is 0.0772 e. The van der Waals surface area contributed by atoms with E-state index in [1.807, 2.05) is 0 Å². The molecule has 1 fully saturated rings. The van der Waals surface area contributed by atoms with Gasteiger partial charge >= 0.3 is 0 Å². The van der Waals surface area contributed by atoms with E-state index in [-0.39, 0.29) is 0 Å². The Balaban J connectivity index is 2.57. The van der Waals surface area contributed by atoms with Crippen LogP contribution >= 0.6 is 0 Å². The molecule has 0 bridgehead atoms. The van der Waals surface area contributed by atoms with Crippen molar-refractivity contribution in [2.45, 2.75) is 53.9 Å². The Morgan fingerprint density at radius 1 is 1.33 bits per heavy atom. The molecule has 1 aliphatic carbocycles. The molecule has 0 aromatic rings. The highest BCUT2D eigenvalue weighted by molar-refractivity contribution is 5.22. The predicted molar refractivity (Wildman–Crippen MR) is 55.2 cm³/mol. The summed E-state index contributed by atoms with van der Waals surface area (Å²) in [5.41, 5.74) is 3.83. The second-order valence-corrected chi connectivity index (χ2v) is 4.84. The van der Waals surface area contributed by atoms with Gasteiger partial charge in [0.05, 0.1) is 0 Å². The minimum Gasteiger partial charge on any atom is -0.0772 e. The van der Waals surface area contributed by atoms with Crippen molar-refractivity contribution in [1.29, 1.82) is 0 Å². The van der Waals surface area contributed by atoms with Crippen LogP contribution in [0.25, 0.3) is 0 Å². The van der Waals surface area contributed by atoms with Gasteiger partial charge in [0, 0.05) is 0 Å². The molecule has 0 aromatic heterocycles. The lowest BCUT2D eigenvalue weighted by Crippen LogP contribution is -1.98. The molecule has 1 saturated carbocycles. The minimum absolute atomic E-state index is 0.663. The molecule has 2 atom stereocenters. The van der Waals surface area contributed by atoms with Crippen molar-refractivity contribution >= 4 is 0 Å². The molecule has 2 unspecified atom stereocenters. The maximum Gasteiger partial charge on any atom is -0.0144 e. The highest BCUT2D eigenvalue weighted by atomic mass is 14.5. The highest BCUT2D eigenvalue weighted by Crippen LogP contribution is 2.59. The van der Waals surface area contributed by atoms with Gasteiger partial charge in [-0.1, -0.05) is 31.4 Å². The lowest BCUT2D eigenvalue weighted by Gasteiger charge is -2.10. The van der Waals surface area contributed by atoms with E-state index in [9.17, 15) is 0 Å². The Morgan fingerprint density at radius 2 is 1.92 bits per heavy atom. The van der Waals surface area contributed by atoms with E-state index in [0.717, 1.165) is 5.92 Å². The van der Waals surface area contributed by atoms with Gasteiger partial charge in [0.2, 0.25) is 0 Å². The smallest absolute Gasteiger partial charge is 0.0144 e. The molecule has 0 amide bonds. The van der Waals surface area contributed by atoms with Crippen molar-refractivity contribution in [3.05, 3.63) is 11.1 Å². The summed E-state index contributed by atoms with van der Waals surface area (Å²) in [7, 11) is 0. The van der Waals surface area contributed by atoms with Crippen molar-refractivity contribution in [3.8, 4) is 0 Å². The molecule has 12 heavy (non-hydrogen) atoms. The van der Waals surface area contributed by atoms with E-state index >= 15 is 0 Å². The zero-order valence-corrected chi connectivity index (χ0v) is 9.20. The third-order valence-corrected chi connectivity index (χ3v) is 3.48. The van der Waals surface area contributed by atoms with Gasteiger partial charge in [-0.15, -0.1) is 0 Å². The lowest BCUT2D eigenvalue weighted by atomic mass is 9.95. The van der Waals surface area contributed by atoms with Crippen LogP contribution in [-0.4, -0.2) is 0 Å². The van der Waals surface area contributed by atoms with Gasteiger partial charge in [0.1, 0.15) is 0 Å².